The third kappa shape index (κ3) is 3.46. The van der Waals surface area contributed by atoms with Gasteiger partial charge < -0.3 is 15.0 Å². The quantitative estimate of drug-likeness (QED) is 0.301. The minimum absolute atomic E-state index is 0.156. The van der Waals surface area contributed by atoms with Crippen molar-refractivity contribution < 1.29 is 23.5 Å². The molecule has 0 radical (unpaired) electrons. The number of nitrogens with one attached hydrogen (secondary N) is 1. The summed E-state index contributed by atoms with van der Waals surface area (Å²) in [4.78, 5) is 45.8. The summed E-state index contributed by atoms with van der Waals surface area (Å²) < 4.78 is 20.7. The number of para-hydroxylation sites is 2. The van der Waals surface area contributed by atoms with Gasteiger partial charge >= 0.3 is 0 Å². The molecule has 1 fully saturated rings. The molecule has 1 spiro atoms. The predicted molar refractivity (Wildman–Crippen MR) is 158 cm³/mol. The fourth-order valence-corrected chi connectivity index (χ4v) is 7.16. The van der Waals surface area contributed by atoms with Gasteiger partial charge in [0.25, 0.3) is 0 Å². The van der Waals surface area contributed by atoms with E-state index >= 15 is 4.39 Å². The Morgan fingerprint density at radius 1 is 0.905 bits per heavy atom. The Balaban J connectivity index is 1.56. The molecule has 1 N–H and O–H groups in total. The van der Waals surface area contributed by atoms with Gasteiger partial charge in [-0.25, -0.2) is 4.39 Å². The molecule has 3 heterocycles. The Labute approximate surface area is 242 Å². The average molecular weight is 559 g/mol. The molecular weight excluding hydrogens is 531 g/mol. The van der Waals surface area contributed by atoms with E-state index in [1.165, 1.54) is 25.3 Å². The van der Waals surface area contributed by atoms with E-state index < -0.39 is 40.9 Å². The smallest absolute Gasteiger partial charge is 0.238 e. The van der Waals surface area contributed by atoms with Crippen LogP contribution in [0.3, 0.4) is 0 Å². The van der Waals surface area contributed by atoms with Crippen molar-refractivity contribution >= 4 is 34.4 Å². The lowest BCUT2D eigenvalue weighted by Crippen LogP contribution is -2.51. The topological polar surface area (TPSA) is 75.7 Å². The number of carbonyl (C=O) groups excluding carboxylic acids is 3. The molecule has 0 unspecified atom stereocenters. The molecule has 4 aromatic rings. The Morgan fingerprint density at radius 3 is 2.45 bits per heavy atom. The van der Waals surface area contributed by atoms with Crippen molar-refractivity contribution in [1.29, 1.82) is 0 Å². The lowest BCUT2D eigenvalue weighted by molar-refractivity contribution is -0.121. The number of Topliss-reactive ketones (excluding diaryl/α,β-unsaturated/α-hetero) is 2. The first-order valence-corrected chi connectivity index (χ1v) is 13.8. The molecule has 6 nitrogen and oxygen atoms in total. The Morgan fingerprint density at radius 2 is 1.64 bits per heavy atom. The highest BCUT2D eigenvalue weighted by atomic mass is 19.1. The molecule has 0 saturated carbocycles. The fraction of sp³-hybridized carbons (Fsp3) is 0.171. The summed E-state index contributed by atoms with van der Waals surface area (Å²) in [5.74, 6) is -2.81. The molecule has 1 saturated heterocycles. The zero-order valence-corrected chi connectivity index (χ0v) is 23.0. The molecule has 4 atom stereocenters. The number of allylic oxidation sites excluding steroid dienone is 1. The average Bonchev–Trinajstić information content (AvgIpc) is 3.49. The highest BCUT2D eigenvalue weighted by molar-refractivity contribution is 6.18. The largest absolute Gasteiger partial charge is 0.497 e. The van der Waals surface area contributed by atoms with Crippen molar-refractivity contribution in [3.05, 3.63) is 131 Å². The van der Waals surface area contributed by atoms with Gasteiger partial charge in [0.05, 0.1) is 24.6 Å². The van der Waals surface area contributed by atoms with Gasteiger partial charge in [-0.1, -0.05) is 66.7 Å². The summed E-state index contributed by atoms with van der Waals surface area (Å²) in [7, 11) is 1.52. The number of benzene rings is 4. The van der Waals surface area contributed by atoms with E-state index in [-0.39, 0.29) is 11.3 Å². The van der Waals surface area contributed by atoms with Crippen molar-refractivity contribution in [2.24, 2.45) is 5.92 Å². The molecule has 0 aliphatic carbocycles. The number of carbonyl (C=O) groups is 3. The molecule has 0 bridgehead atoms. The summed E-state index contributed by atoms with van der Waals surface area (Å²) in [6, 6.07) is 25.6. The molecule has 3 aliphatic rings. The lowest BCUT2D eigenvalue weighted by Gasteiger charge is -2.39. The van der Waals surface area contributed by atoms with Gasteiger partial charge in [0.15, 0.2) is 11.6 Å². The number of ketones is 2. The highest BCUT2D eigenvalue weighted by Gasteiger charge is 2.70. The van der Waals surface area contributed by atoms with E-state index in [4.69, 9.17) is 4.74 Å². The van der Waals surface area contributed by atoms with Gasteiger partial charge in [0.2, 0.25) is 5.91 Å². The van der Waals surface area contributed by atoms with E-state index in [0.29, 0.717) is 22.6 Å². The number of halogens is 1. The van der Waals surface area contributed by atoms with Crippen LogP contribution in [-0.4, -0.2) is 36.7 Å². The van der Waals surface area contributed by atoms with Gasteiger partial charge in [-0.2, -0.15) is 0 Å². The number of nitrogens with zero attached hydrogens (tertiary/aromatic N) is 1. The first-order valence-electron chi connectivity index (χ1n) is 13.8. The highest BCUT2D eigenvalue weighted by Crippen LogP contribution is 2.59. The molecular formula is C35H27FN2O4. The minimum atomic E-state index is -1.51. The molecule has 3 aliphatic heterocycles. The van der Waals surface area contributed by atoms with Crippen molar-refractivity contribution in [3.8, 4) is 5.75 Å². The second-order valence-electron chi connectivity index (χ2n) is 11.0. The monoisotopic (exact) mass is 558 g/mol. The molecule has 7 heteroatoms. The van der Waals surface area contributed by atoms with Crippen LogP contribution in [0.1, 0.15) is 38.8 Å². The van der Waals surface area contributed by atoms with E-state index in [9.17, 15) is 14.4 Å². The SMILES string of the molecule is COc1cccc(C(=O)[C@@H]2[C@H](C(=O)c3ccccc3F)[C@@]3(C(=O)Nc4ccccc43)[C@@H]3C=C(C)c4ccccc4N23)c1. The Hall–Kier alpha value is -5.04. The van der Waals surface area contributed by atoms with Crippen LogP contribution in [0.15, 0.2) is 103 Å². The number of amides is 1. The summed E-state index contributed by atoms with van der Waals surface area (Å²) in [5, 5.41) is 3.00. The van der Waals surface area contributed by atoms with Gasteiger partial charge in [-0.05, 0) is 54.5 Å². The standard InChI is InChI=1S/C35H27FN2O4/c1-20-18-29-35(25-14-5-7-16-27(25)37-34(35)41)30(33(40)24-13-3-6-15-26(24)36)31(38(29)28-17-8-4-12-23(20)28)32(39)21-10-9-11-22(19-21)42-2/h3-19,29-31H,1-2H3,(H,37,41)/t29-,30+,31-,35-/m0/s1. The second-order valence-corrected chi connectivity index (χ2v) is 11.0. The lowest BCUT2D eigenvalue weighted by atomic mass is 9.64. The third-order valence-electron chi connectivity index (χ3n) is 8.93. The second kappa shape index (κ2) is 9.52. The first kappa shape index (κ1) is 25.9. The maximum Gasteiger partial charge on any atom is 0.238 e. The molecule has 7 rings (SSSR count). The minimum Gasteiger partial charge on any atom is -0.497 e. The van der Waals surface area contributed by atoms with E-state index in [1.54, 1.807) is 36.4 Å². The van der Waals surface area contributed by atoms with Crippen LogP contribution in [0.4, 0.5) is 15.8 Å². The fourth-order valence-electron chi connectivity index (χ4n) is 7.16. The van der Waals surface area contributed by atoms with Gasteiger partial charge in [-0.3, -0.25) is 14.4 Å². The van der Waals surface area contributed by atoms with E-state index in [2.05, 4.69) is 5.32 Å². The molecule has 0 aromatic heterocycles. The first-order chi connectivity index (χ1) is 20.4. The number of anilines is 2. The Kier molecular flexibility index (Phi) is 5.87. The number of fused-ring (bicyclic) bond motifs is 6. The van der Waals surface area contributed by atoms with Crippen LogP contribution in [0.25, 0.3) is 5.57 Å². The van der Waals surface area contributed by atoms with Crippen LogP contribution in [-0.2, 0) is 10.2 Å². The summed E-state index contributed by atoms with van der Waals surface area (Å²) >= 11 is 0. The maximum absolute atomic E-state index is 15.3. The van der Waals surface area contributed by atoms with E-state index in [0.717, 1.165) is 16.8 Å². The van der Waals surface area contributed by atoms with Crippen LogP contribution in [0, 0.1) is 11.7 Å². The predicted octanol–water partition coefficient (Wildman–Crippen LogP) is 6.08. The number of hydrogen-bond donors (Lipinski definition) is 1. The van der Waals surface area contributed by atoms with E-state index in [1.807, 2.05) is 60.4 Å². The van der Waals surface area contributed by atoms with Crippen LogP contribution in [0.2, 0.25) is 0 Å². The molecule has 4 aromatic carbocycles. The Bertz CT molecular complexity index is 1830. The van der Waals surface area contributed by atoms with Crippen molar-refractivity contribution in [2.75, 3.05) is 17.3 Å². The van der Waals surface area contributed by atoms with Crippen LogP contribution in [0.5, 0.6) is 5.75 Å². The van der Waals surface area contributed by atoms with Gasteiger partial charge in [0, 0.05) is 22.5 Å². The van der Waals surface area contributed by atoms with Gasteiger partial charge in [0.1, 0.15) is 23.0 Å². The summed E-state index contributed by atoms with van der Waals surface area (Å²) in [6.45, 7) is 1.97. The number of rotatable bonds is 5. The number of methoxy groups -OCH3 is 1. The normalized spacial score (nSPS) is 23.5. The number of hydrogen-bond acceptors (Lipinski definition) is 5. The molecule has 1 amide bonds. The van der Waals surface area contributed by atoms with Crippen molar-refractivity contribution in [1.82, 2.24) is 0 Å². The molecule has 42 heavy (non-hydrogen) atoms. The van der Waals surface area contributed by atoms with Gasteiger partial charge in [-0.15, -0.1) is 0 Å². The number of ether oxygens (including phenoxy) is 1. The zero-order valence-electron chi connectivity index (χ0n) is 23.0. The summed E-state index contributed by atoms with van der Waals surface area (Å²) in [5.41, 5.74) is 2.42. The maximum atomic E-state index is 15.3. The molecule has 208 valence electrons. The summed E-state index contributed by atoms with van der Waals surface area (Å²) in [6.07, 6.45) is 1.98. The van der Waals surface area contributed by atoms with Crippen LogP contribution < -0.4 is 15.0 Å². The van der Waals surface area contributed by atoms with Crippen molar-refractivity contribution in [2.45, 2.75) is 24.4 Å². The van der Waals surface area contributed by atoms with Crippen LogP contribution >= 0.6 is 0 Å². The zero-order chi connectivity index (χ0) is 29.2. The third-order valence-corrected chi connectivity index (χ3v) is 8.93. The van der Waals surface area contributed by atoms with Crippen molar-refractivity contribution in [3.63, 3.8) is 0 Å².